The number of aryl methyl sites for hydroxylation is 2. The Bertz CT molecular complexity index is 3230. The summed E-state index contributed by atoms with van der Waals surface area (Å²) in [6.07, 6.45) is 4.95. The molecule has 18 nitrogen and oxygen atoms in total. The maximum absolute atomic E-state index is 15.8. The van der Waals surface area contributed by atoms with Crippen molar-refractivity contribution < 1.29 is 41.1 Å². The zero-order valence-corrected chi connectivity index (χ0v) is 45.0. The van der Waals surface area contributed by atoms with Gasteiger partial charge in [-0.15, -0.1) is 0 Å². The number of anilines is 2. The number of nitrogen functional groups attached to an aromatic ring is 1. The molecular weight excluding hydrogens is 1050 g/mol. The zero-order valence-electron chi connectivity index (χ0n) is 41.8. The van der Waals surface area contributed by atoms with Crippen LogP contribution in [0.5, 0.6) is 6.01 Å². The second-order valence-corrected chi connectivity index (χ2v) is 21.9. The van der Waals surface area contributed by atoms with Gasteiger partial charge in [-0.3, -0.25) is 24.1 Å². The minimum absolute atomic E-state index is 0.0261. The number of nitrogens with one attached hydrogen (secondary N) is 5. The standard InChI is InChI=1S/C43H48ClF2N5O5S3.C8H11N5O3/c1-4-28-5-7-29(8-6-28)9-14-34(52)23-32(27-58-20-18-51(2)3)43(54)47-17-19-57-21-22-59(55,56)50-38-16-15-37(45)39(40(38)46)41(53)36-26-49-42-35(36)24-31(25-48-42)30-10-12-33(44)13-11-30;1-15-2-3-16-8-11-5(9)4-6(13-8)12-7(14)10-4/h5-8,10-13,15-16,24-26,32,50H,4,9,14,17-23,27H2,1-3H3,(H,47,54)(H,48,49);2-3H2,1H3,(H4,9,10,11,12,13,14). The van der Waals surface area contributed by atoms with Gasteiger partial charge in [-0.25, -0.2) is 27.0 Å². The van der Waals surface area contributed by atoms with Crippen molar-refractivity contribution in [3.8, 4) is 17.1 Å². The fourth-order valence-electron chi connectivity index (χ4n) is 7.35. The van der Waals surface area contributed by atoms with Crippen molar-refractivity contribution in [2.24, 2.45) is 5.92 Å². The number of Topliss-reactive ketones (excluding diaryl/α,β-unsaturated/α-hetero) is 1. The summed E-state index contributed by atoms with van der Waals surface area (Å²) in [5.41, 5.74) is 8.47. The van der Waals surface area contributed by atoms with Gasteiger partial charge in [-0.2, -0.15) is 33.5 Å². The lowest BCUT2D eigenvalue weighted by Gasteiger charge is -2.17. The molecular formula is C51H59ClF2N10O8S3. The van der Waals surface area contributed by atoms with Crippen molar-refractivity contribution in [1.82, 2.24) is 40.1 Å². The number of ketones is 2. The summed E-state index contributed by atoms with van der Waals surface area (Å²) in [5, 5.41) is 3.76. The van der Waals surface area contributed by atoms with Crippen LogP contribution in [0.3, 0.4) is 0 Å². The Kier molecular flexibility index (Phi) is 21.6. The molecule has 1 atom stereocenters. The first kappa shape index (κ1) is 57.9. The molecule has 7 aromatic rings. The van der Waals surface area contributed by atoms with Crippen LogP contribution < -0.4 is 26.2 Å². The van der Waals surface area contributed by atoms with E-state index in [0.717, 1.165) is 42.0 Å². The van der Waals surface area contributed by atoms with Crippen molar-refractivity contribution in [3.63, 3.8) is 0 Å². The molecule has 0 saturated heterocycles. The average Bonchev–Trinajstić information content (AvgIpc) is 3.99. The fraction of sp³-hybridized carbons (Fsp3) is 0.353. The van der Waals surface area contributed by atoms with E-state index in [-0.39, 0.29) is 53.5 Å². The number of benzene rings is 3. The van der Waals surface area contributed by atoms with Crippen LogP contribution in [-0.2, 0) is 37.2 Å². The summed E-state index contributed by atoms with van der Waals surface area (Å²) < 4.78 is 69.0. The Balaban J connectivity index is 0.000000483. The third-order valence-corrected chi connectivity index (χ3v) is 15.3. The van der Waals surface area contributed by atoms with E-state index in [1.807, 2.05) is 26.2 Å². The first-order chi connectivity index (χ1) is 35.9. The predicted octanol–water partition coefficient (Wildman–Crippen LogP) is 7.30. The molecule has 0 fully saturated rings. The van der Waals surface area contributed by atoms with Gasteiger partial charge in [-0.1, -0.05) is 54.9 Å². The van der Waals surface area contributed by atoms with E-state index < -0.39 is 50.4 Å². The lowest BCUT2D eigenvalue weighted by molar-refractivity contribution is -0.128. The molecule has 0 aliphatic rings. The number of aromatic nitrogens is 6. The number of halogens is 3. The van der Waals surface area contributed by atoms with E-state index in [1.165, 1.54) is 23.5 Å². The second kappa shape index (κ2) is 28.0. The highest BCUT2D eigenvalue weighted by atomic mass is 35.5. The summed E-state index contributed by atoms with van der Waals surface area (Å²) in [5.74, 6) is -2.59. The van der Waals surface area contributed by atoms with Gasteiger partial charge in [0.15, 0.2) is 17.3 Å². The van der Waals surface area contributed by atoms with E-state index in [0.29, 0.717) is 70.3 Å². The van der Waals surface area contributed by atoms with E-state index in [9.17, 15) is 27.6 Å². The number of carbonyl (C=O) groups excluding carboxylic acids is 3. The molecule has 0 saturated carbocycles. The van der Waals surface area contributed by atoms with Gasteiger partial charge in [0, 0.05) is 90.0 Å². The Morgan fingerprint density at radius 2 is 1.67 bits per heavy atom. The number of aromatic amines is 3. The lowest BCUT2D eigenvalue weighted by atomic mass is 9.98. The largest absolute Gasteiger partial charge is 0.461 e. The molecule has 4 aromatic heterocycles. The van der Waals surface area contributed by atoms with Crippen LogP contribution in [0.15, 0.2) is 83.9 Å². The van der Waals surface area contributed by atoms with Crippen LogP contribution in [-0.4, -0.2) is 137 Å². The minimum atomic E-state index is -4.12. The predicted molar refractivity (Wildman–Crippen MR) is 294 cm³/mol. The topological polar surface area (TPSA) is 260 Å². The van der Waals surface area contributed by atoms with Gasteiger partial charge in [0.05, 0.1) is 29.5 Å². The minimum Gasteiger partial charge on any atom is -0.461 e. The number of hydrogen-bond acceptors (Lipinski definition) is 15. The van der Waals surface area contributed by atoms with Crippen LogP contribution >= 0.6 is 35.1 Å². The zero-order chi connectivity index (χ0) is 54.1. The van der Waals surface area contributed by atoms with Crippen LogP contribution in [0.2, 0.25) is 5.02 Å². The Labute approximate surface area is 446 Å². The molecule has 0 aliphatic heterocycles. The van der Waals surface area contributed by atoms with Crippen LogP contribution in [0.25, 0.3) is 33.3 Å². The highest BCUT2D eigenvalue weighted by Gasteiger charge is 2.27. The summed E-state index contributed by atoms with van der Waals surface area (Å²) in [4.78, 5) is 72.8. The number of fused-ring (bicyclic) bond motifs is 2. The van der Waals surface area contributed by atoms with Crippen molar-refractivity contribution >= 4 is 96.3 Å². The Morgan fingerprint density at radius 1 is 0.920 bits per heavy atom. The number of pyridine rings is 1. The number of H-pyrrole nitrogens is 3. The van der Waals surface area contributed by atoms with E-state index >= 15 is 8.78 Å². The molecule has 7 N–H and O–H groups in total. The molecule has 0 radical (unpaired) electrons. The molecule has 0 aliphatic carbocycles. The van der Waals surface area contributed by atoms with Crippen molar-refractivity contribution in [3.05, 3.63) is 129 Å². The van der Waals surface area contributed by atoms with Crippen molar-refractivity contribution in [2.45, 2.75) is 32.6 Å². The van der Waals surface area contributed by atoms with Gasteiger partial charge in [0.2, 0.25) is 21.7 Å². The number of thioether (sulfide) groups is 2. The first-order valence-corrected chi connectivity index (χ1v) is 28.1. The molecule has 3 aromatic carbocycles. The Morgan fingerprint density at radius 3 is 2.39 bits per heavy atom. The monoisotopic (exact) mass is 1110 g/mol. The van der Waals surface area contributed by atoms with Crippen molar-refractivity contribution in [1.29, 1.82) is 0 Å². The molecule has 1 amide bonds. The number of hydrogen-bond donors (Lipinski definition) is 6. The molecule has 0 bridgehead atoms. The van der Waals surface area contributed by atoms with Crippen LogP contribution in [0.4, 0.5) is 20.3 Å². The summed E-state index contributed by atoms with van der Waals surface area (Å²) in [7, 11) is 1.39. The van der Waals surface area contributed by atoms with Crippen molar-refractivity contribution in [2.75, 3.05) is 86.7 Å². The molecule has 400 valence electrons. The number of carbonyl (C=O) groups is 3. The maximum atomic E-state index is 15.8. The first-order valence-electron chi connectivity index (χ1n) is 23.8. The Hall–Kier alpha value is -6.37. The van der Waals surface area contributed by atoms with Crippen LogP contribution in [0.1, 0.15) is 46.8 Å². The quantitative estimate of drug-likeness (QED) is 0.0218. The smallest absolute Gasteiger partial charge is 0.325 e. The van der Waals surface area contributed by atoms with Gasteiger partial charge in [0.25, 0.3) is 0 Å². The van der Waals surface area contributed by atoms with Gasteiger partial charge >= 0.3 is 11.7 Å². The fourth-order valence-corrected chi connectivity index (χ4v) is 11.1. The van der Waals surface area contributed by atoms with Gasteiger partial charge in [0.1, 0.15) is 29.4 Å². The third kappa shape index (κ3) is 17.1. The molecule has 1 unspecified atom stereocenters. The summed E-state index contributed by atoms with van der Waals surface area (Å²) in [6, 6.07) is 18.7. The average molecular weight is 1110 g/mol. The second-order valence-electron chi connectivity index (χ2n) is 17.3. The molecule has 0 spiro atoms. The highest BCUT2D eigenvalue weighted by Crippen LogP contribution is 2.30. The van der Waals surface area contributed by atoms with E-state index in [4.69, 9.17) is 26.8 Å². The number of nitrogens with two attached hydrogens (primary N) is 1. The highest BCUT2D eigenvalue weighted by molar-refractivity contribution is 8.00. The number of sulfonamides is 1. The number of rotatable bonds is 27. The lowest BCUT2D eigenvalue weighted by Crippen LogP contribution is -2.35. The van der Waals surface area contributed by atoms with E-state index in [1.54, 1.807) is 55.4 Å². The number of amides is 1. The third-order valence-electron chi connectivity index (χ3n) is 11.5. The molecule has 24 heteroatoms. The molecule has 4 heterocycles. The summed E-state index contributed by atoms with van der Waals surface area (Å²) in [6.45, 7) is 3.93. The number of imidazole rings is 1. The number of methoxy groups -OCH3 is 1. The maximum Gasteiger partial charge on any atom is 0.325 e. The van der Waals surface area contributed by atoms with Gasteiger partial charge in [-0.05, 0) is 74.0 Å². The van der Waals surface area contributed by atoms with Crippen LogP contribution in [0, 0.1) is 17.6 Å². The molecule has 7 rings (SSSR count). The summed E-state index contributed by atoms with van der Waals surface area (Å²) >= 11 is 8.91. The normalized spacial score (nSPS) is 11.9. The number of nitrogens with zero attached hydrogens (tertiary/aromatic N) is 4. The van der Waals surface area contributed by atoms with Gasteiger partial charge < -0.3 is 35.4 Å². The SMILES string of the molecule is CCc1ccc(CCC(=O)CC(CSCCN(C)C)C(=O)NCCSCCS(=O)(=O)Nc2ccc(F)c(C(=O)c3c[nH]c4ncc(-c5ccc(Cl)cc5)cc34)c2F)cc1.COCCOc1nc(N)c2[nH]c(=O)[nH]c2n1. The van der Waals surface area contributed by atoms with E-state index in [2.05, 4.69) is 63.9 Å². The molecule has 75 heavy (non-hydrogen) atoms. The number of ether oxygens (including phenoxy) is 2.